The number of nitro groups is 1. The van der Waals surface area contributed by atoms with E-state index in [1.807, 2.05) is 6.07 Å². The highest BCUT2D eigenvalue weighted by molar-refractivity contribution is 14.1. The van der Waals surface area contributed by atoms with Crippen LogP contribution in [0.2, 0.25) is 0 Å². The first-order valence-electron chi connectivity index (χ1n) is 8.16. The van der Waals surface area contributed by atoms with Crippen LogP contribution in [0.4, 0.5) is 21.9 Å². The Morgan fingerprint density at radius 2 is 1.57 bits per heavy atom. The van der Waals surface area contributed by atoms with Crippen molar-refractivity contribution in [2.75, 3.05) is 10.6 Å². The number of hydrogen-bond donors (Lipinski definition) is 2. The summed E-state index contributed by atoms with van der Waals surface area (Å²) in [5.41, 5.74) is 1.58. The SMILES string of the molecule is O=C(Nc1ccc([N+](=O)[O-])cc1)Nc1ccc(I)cc1C(=O)c1ccccc1. The van der Waals surface area contributed by atoms with E-state index in [0.717, 1.165) is 3.57 Å². The molecule has 2 amide bonds. The summed E-state index contributed by atoms with van der Waals surface area (Å²) in [6.07, 6.45) is 0. The maximum absolute atomic E-state index is 12.8. The van der Waals surface area contributed by atoms with E-state index < -0.39 is 11.0 Å². The van der Waals surface area contributed by atoms with Gasteiger partial charge in [-0.05, 0) is 52.9 Å². The minimum Gasteiger partial charge on any atom is -0.308 e. The molecule has 140 valence electrons. The van der Waals surface area contributed by atoms with Crippen LogP contribution < -0.4 is 10.6 Å². The first-order chi connectivity index (χ1) is 13.4. The van der Waals surface area contributed by atoms with Gasteiger partial charge in [0.25, 0.3) is 5.69 Å². The van der Waals surface area contributed by atoms with Crippen LogP contribution in [0.1, 0.15) is 15.9 Å². The summed E-state index contributed by atoms with van der Waals surface area (Å²) >= 11 is 2.10. The van der Waals surface area contributed by atoms with Crippen LogP contribution in [0.5, 0.6) is 0 Å². The van der Waals surface area contributed by atoms with Crippen molar-refractivity contribution in [1.29, 1.82) is 0 Å². The number of rotatable bonds is 5. The minimum absolute atomic E-state index is 0.0701. The molecule has 0 aromatic heterocycles. The largest absolute Gasteiger partial charge is 0.323 e. The zero-order valence-electron chi connectivity index (χ0n) is 14.4. The van der Waals surface area contributed by atoms with Crippen LogP contribution in [-0.4, -0.2) is 16.7 Å². The number of amides is 2. The second-order valence-corrected chi connectivity index (χ2v) is 7.01. The number of urea groups is 1. The fourth-order valence-electron chi connectivity index (χ4n) is 2.51. The molecule has 2 N–H and O–H groups in total. The van der Waals surface area contributed by atoms with Crippen molar-refractivity contribution in [2.45, 2.75) is 0 Å². The molecule has 0 unspecified atom stereocenters. The van der Waals surface area contributed by atoms with Gasteiger partial charge in [-0.1, -0.05) is 30.3 Å². The molecule has 0 aliphatic carbocycles. The van der Waals surface area contributed by atoms with E-state index in [1.54, 1.807) is 42.5 Å². The number of benzene rings is 3. The summed E-state index contributed by atoms with van der Waals surface area (Å²) in [6.45, 7) is 0. The Bertz CT molecular complexity index is 1040. The zero-order chi connectivity index (χ0) is 20.1. The number of non-ortho nitro benzene ring substituents is 1. The standard InChI is InChI=1S/C20H14IN3O4/c21-14-6-11-18(17(12-14)19(25)13-4-2-1-3-5-13)23-20(26)22-15-7-9-16(10-8-15)24(27)28/h1-12H,(H2,22,23,26). The molecule has 0 spiro atoms. The first kappa shape index (κ1) is 19.5. The lowest BCUT2D eigenvalue weighted by Crippen LogP contribution is -2.21. The average molecular weight is 487 g/mol. The Balaban J connectivity index is 1.79. The Kier molecular flexibility index (Phi) is 5.99. The highest BCUT2D eigenvalue weighted by Crippen LogP contribution is 2.23. The molecule has 3 aromatic rings. The second-order valence-electron chi connectivity index (χ2n) is 5.77. The lowest BCUT2D eigenvalue weighted by atomic mass is 10.0. The quantitative estimate of drug-likeness (QED) is 0.227. The molecule has 28 heavy (non-hydrogen) atoms. The van der Waals surface area contributed by atoms with Gasteiger partial charge >= 0.3 is 6.03 Å². The number of anilines is 2. The predicted molar refractivity (Wildman–Crippen MR) is 115 cm³/mol. The maximum atomic E-state index is 12.8. The molecular weight excluding hydrogens is 473 g/mol. The van der Waals surface area contributed by atoms with Crippen LogP contribution >= 0.6 is 22.6 Å². The predicted octanol–water partition coefficient (Wildman–Crippen LogP) is 5.07. The van der Waals surface area contributed by atoms with Gasteiger partial charge in [-0.15, -0.1) is 0 Å². The van der Waals surface area contributed by atoms with Crippen LogP contribution in [0.25, 0.3) is 0 Å². The smallest absolute Gasteiger partial charge is 0.308 e. The van der Waals surface area contributed by atoms with Crippen molar-refractivity contribution >= 4 is 51.5 Å². The van der Waals surface area contributed by atoms with Gasteiger partial charge in [0, 0.05) is 32.5 Å². The van der Waals surface area contributed by atoms with E-state index in [0.29, 0.717) is 22.5 Å². The normalized spacial score (nSPS) is 10.2. The van der Waals surface area contributed by atoms with Gasteiger partial charge in [-0.3, -0.25) is 14.9 Å². The summed E-state index contributed by atoms with van der Waals surface area (Å²) < 4.78 is 0.859. The molecule has 0 saturated carbocycles. The van der Waals surface area contributed by atoms with Gasteiger partial charge in [-0.2, -0.15) is 0 Å². The van der Waals surface area contributed by atoms with Gasteiger partial charge in [0.05, 0.1) is 10.6 Å². The molecule has 3 rings (SSSR count). The number of carbonyl (C=O) groups is 2. The molecule has 0 bridgehead atoms. The lowest BCUT2D eigenvalue weighted by Gasteiger charge is -2.12. The van der Waals surface area contributed by atoms with Gasteiger partial charge in [0.1, 0.15) is 0 Å². The van der Waals surface area contributed by atoms with Crippen LogP contribution in [-0.2, 0) is 0 Å². The fourth-order valence-corrected chi connectivity index (χ4v) is 3.00. The third-order valence-corrected chi connectivity index (χ3v) is 4.52. The molecule has 0 aliphatic rings. The van der Waals surface area contributed by atoms with E-state index in [9.17, 15) is 19.7 Å². The monoisotopic (exact) mass is 487 g/mol. The molecule has 0 saturated heterocycles. The molecule has 3 aromatic carbocycles. The van der Waals surface area contributed by atoms with Crippen molar-refractivity contribution in [3.8, 4) is 0 Å². The number of halogens is 1. The van der Waals surface area contributed by atoms with Crippen LogP contribution in [0, 0.1) is 13.7 Å². The third-order valence-electron chi connectivity index (χ3n) is 3.85. The molecule has 7 nitrogen and oxygen atoms in total. The molecule has 0 aliphatic heterocycles. The molecule has 8 heteroatoms. The van der Waals surface area contributed by atoms with Gasteiger partial charge in [0.2, 0.25) is 0 Å². The summed E-state index contributed by atoms with van der Waals surface area (Å²) in [7, 11) is 0. The summed E-state index contributed by atoms with van der Waals surface area (Å²) in [5, 5.41) is 16.0. The minimum atomic E-state index is -0.558. The number of nitrogens with one attached hydrogen (secondary N) is 2. The second kappa shape index (κ2) is 8.61. The van der Waals surface area contributed by atoms with Crippen molar-refractivity contribution in [3.05, 3.63) is 97.6 Å². The van der Waals surface area contributed by atoms with E-state index in [2.05, 4.69) is 33.2 Å². The first-order valence-corrected chi connectivity index (χ1v) is 9.23. The Labute approximate surface area is 174 Å². The van der Waals surface area contributed by atoms with Crippen molar-refractivity contribution in [3.63, 3.8) is 0 Å². The van der Waals surface area contributed by atoms with Crippen molar-refractivity contribution < 1.29 is 14.5 Å². The van der Waals surface area contributed by atoms with Crippen molar-refractivity contribution in [1.82, 2.24) is 0 Å². The van der Waals surface area contributed by atoms with Gasteiger partial charge in [-0.25, -0.2) is 4.79 Å². The molecule has 0 radical (unpaired) electrons. The van der Waals surface area contributed by atoms with Crippen molar-refractivity contribution in [2.24, 2.45) is 0 Å². The average Bonchev–Trinajstić information content (AvgIpc) is 2.70. The Hall–Kier alpha value is -3.27. The number of hydrogen-bond acceptors (Lipinski definition) is 4. The van der Waals surface area contributed by atoms with Gasteiger partial charge in [0.15, 0.2) is 5.78 Å². The van der Waals surface area contributed by atoms with E-state index in [1.165, 1.54) is 24.3 Å². The highest BCUT2D eigenvalue weighted by atomic mass is 127. The molecular formula is C20H14IN3O4. The maximum Gasteiger partial charge on any atom is 0.323 e. The van der Waals surface area contributed by atoms with E-state index >= 15 is 0 Å². The van der Waals surface area contributed by atoms with E-state index in [-0.39, 0.29) is 11.5 Å². The lowest BCUT2D eigenvalue weighted by molar-refractivity contribution is -0.384. The zero-order valence-corrected chi connectivity index (χ0v) is 16.5. The fraction of sp³-hybridized carbons (Fsp3) is 0. The van der Waals surface area contributed by atoms with Crippen LogP contribution in [0.15, 0.2) is 72.8 Å². The Morgan fingerprint density at radius 1 is 0.893 bits per heavy atom. The summed E-state index contributed by atoms with van der Waals surface area (Å²) in [6, 6.07) is 18.8. The number of ketones is 1. The topological polar surface area (TPSA) is 101 Å². The number of nitro benzene ring substituents is 1. The van der Waals surface area contributed by atoms with Crippen LogP contribution in [0.3, 0.4) is 0 Å². The molecule has 0 fully saturated rings. The molecule has 0 heterocycles. The number of nitrogens with zero attached hydrogens (tertiary/aromatic N) is 1. The summed E-state index contributed by atoms with van der Waals surface area (Å²) in [5.74, 6) is -0.204. The number of carbonyl (C=O) groups excluding carboxylic acids is 2. The third kappa shape index (κ3) is 4.71. The van der Waals surface area contributed by atoms with Gasteiger partial charge < -0.3 is 10.6 Å². The van der Waals surface area contributed by atoms with E-state index in [4.69, 9.17) is 0 Å². The molecule has 0 atom stereocenters. The Morgan fingerprint density at radius 3 is 2.21 bits per heavy atom. The summed E-state index contributed by atoms with van der Waals surface area (Å²) in [4.78, 5) is 35.3. The highest BCUT2D eigenvalue weighted by Gasteiger charge is 2.16.